The molecule has 1 fully saturated rings. The molecule has 0 amide bonds. The molecule has 2 rings (SSSR count). The maximum absolute atomic E-state index is 11.1. The predicted molar refractivity (Wildman–Crippen MR) is 72.3 cm³/mol. The van der Waals surface area contributed by atoms with Crippen LogP contribution in [0.4, 0.5) is 11.4 Å². The second kappa shape index (κ2) is 5.46. The molecule has 1 aromatic rings. The summed E-state index contributed by atoms with van der Waals surface area (Å²) in [4.78, 5) is 23.3. The third-order valence-electron chi connectivity index (χ3n) is 3.19. The van der Waals surface area contributed by atoms with Crippen LogP contribution in [0.15, 0.2) is 18.2 Å². The van der Waals surface area contributed by atoms with Crippen LogP contribution in [-0.4, -0.2) is 41.3 Å². The molecule has 7 heteroatoms. The molecule has 1 N–H and O–H groups in total. The van der Waals surface area contributed by atoms with Crippen LogP contribution in [-0.2, 0) is 4.74 Å². The van der Waals surface area contributed by atoms with Gasteiger partial charge in [0.05, 0.1) is 17.1 Å². The van der Waals surface area contributed by atoms with Crippen molar-refractivity contribution in [2.24, 2.45) is 0 Å². The summed E-state index contributed by atoms with van der Waals surface area (Å²) in [5, 5.41) is 19.9. The summed E-state index contributed by atoms with van der Waals surface area (Å²) in [6, 6.07) is 4.17. The Morgan fingerprint density at radius 3 is 2.50 bits per heavy atom. The molecule has 1 saturated heterocycles. The van der Waals surface area contributed by atoms with Gasteiger partial charge in [0.2, 0.25) is 0 Å². The lowest BCUT2D eigenvalue weighted by atomic mass is 10.1. The number of nitro groups is 1. The minimum atomic E-state index is -1.30. The molecule has 2 atom stereocenters. The number of benzene rings is 1. The third-order valence-corrected chi connectivity index (χ3v) is 3.19. The highest BCUT2D eigenvalue weighted by atomic mass is 16.6. The van der Waals surface area contributed by atoms with Crippen LogP contribution in [0.2, 0.25) is 0 Å². The highest BCUT2D eigenvalue weighted by Gasteiger charge is 2.25. The maximum Gasteiger partial charge on any atom is 0.342 e. The van der Waals surface area contributed by atoms with E-state index in [-0.39, 0.29) is 17.8 Å². The van der Waals surface area contributed by atoms with E-state index in [1.807, 2.05) is 18.7 Å². The largest absolute Gasteiger partial charge is 0.477 e. The van der Waals surface area contributed by atoms with E-state index < -0.39 is 16.6 Å². The van der Waals surface area contributed by atoms with Gasteiger partial charge < -0.3 is 14.7 Å². The molecule has 1 aromatic carbocycles. The number of carboxylic acid groups (broad SMARTS) is 1. The number of carboxylic acids is 1. The monoisotopic (exact) mass is 280 g/mol. The molecule has 0 radical (unpaired) electrons. The van der Waals surface area contributed by atoms with Gasteiger partial charge >= 0.3 is 5.97 Å². The first-order valence-corrected chi connectivity index (χ1v) is 6.30. The van der Waals surface area contributed by atoms with E-state index in [9.17, 15) is 14.9 Å². The van der Waals surface area contributed by atoms with E-state index >= 15 is 0 Å². The lowest BCUT2D eigenvalue weighted by Gasteiger charge is -2.36. The first-order valence-electron chi connectivity index (χ1n) is 6.30. The van der Waals surface area contributed by atoms with Crippen molar-refractivity contribution in [2.45, 2.75) is 26.1 Å². The average molecular weight is 280 g/mol. The third kappa shape index (κ3) is 2.88. The second-order valence-electron chi connectivity index (χ2n) is 4.93. The van der Waals surface area contributed by atoms with Crippen molar-refractivity contribution in [3.05, 3.63) is 33.9 Å². The highest BCUT2D eigenvalue weighted by molar-refractivity contribution is 5.93. The van der Waals surface area contributed by atoms with Gasteiger partial charge in [-0.25, -0.2) is 4.79 Å². The van der Waals surface area contributed by atoms with Gasteiger partial charge in [-0.2, -0.15) is 0 Å². The van der Waals surface area contributed by atoms with Crippen LogP contribution in [0.25, 0.3) is 0 Å². The Morgan fingerprint density at radius 1 is 1.40 bits per heavy atom. The summed E-state index contributed by atoms with van der Waals surface area (Å²) >= 11 is 0. The summed E-state index contributed by atoms with van der Waals surface area (Å²) in [5.41, 5.74) is -0.0232. The Morgan fingerprint density at radius 2 is 2.00 bits per heavy atom. The van der Waals surface area contributed by atoms with E-state index in [1.165, 1.54) is 12.1 Å². The van der Waals surface area contributed by atoms with Gasteiger partial charge in [-0.05, 0) is 26.0 Å². The standard InChI is InChI=1S/C13H16N2O5/c1-8-6-14(7-9(2)20-8)10-3-4-12(15(18)19)11(5-10)13(16)17/h3-5,8-9H,6-7H2,1-2H3,(H,16,17)/t8-,9+. The summed E-state index contributed by atoms with van der Waals surface area (Å²) in [6.07, 6.45) is 0.0597. The number of rotatable bonds is 3. The molecule has 0 bridgehead atoms. The van der Waals surface area contributed by atoms with Gasteiger partial charge in [-0.3, -0.25) is 10.1 Å². The Kier molecular flexibility index (Phi) is 3.89. The number of hydrogen-bond donors (Lipinski definition) is 1. The Balaban J connectivity index is 2.36. The van der Waals surface area contributed by atoms with Crippen molar-refractivity contribution in [3.8, 4) is 0 Å². The quantitative estimate of drug-likeness (QED) is 0.671. The fourth-order valence-electron chi connectivity index (χ4n) is 2.44. The summed E-state index contributed by atoms with van der Waals surface area (Å²) in [7, 11) is 0. The first-order chi connectivity index (χ1) is 9.38. The Hall–Kier alpha value is -2.15. The zero-order valence-electron chi connectivity index (χ0n) is 11.3. The summed E-state index contributed by atoms with van der Waals surface area (Å²) in [6.45, 7) is 5.13. The topological polar surface area (TPSA) is 92.9 Å². The Labute approximate surface area is 115 Å². The number of carbonyl (C=O) groups is 1. The maximum atomic E-state index is 11.1. The van der Waals surface area contributed by atoms with E-state index in [0.29, 0.717) is 18.8 Å². The average Bonchev–Trinajstić information content (AvgIpc) is 2.36. The number of hydrogen-bond acceptors (Lipinski definition) is 5. The molecular weight excluding hydrogens is 264 g/mol. The molecule has 0 unspecified atom stereocenters. The number of anilines is 1. The number of morpholine rings is 1. The zero-order valence-corrected chi connectivity index (χ0v) is 11.3. The molecule has 1 aliphatic rings. The molecular formula is C13H16N2O5. The van der Waals surface area contributed by atoms with Gasteiger partial charge in [0.25, 0.3) is 5.69 Å². The summed E-state index contributed by atoms with van der Waals surface area (Å²) in [5.74, 6) is -1.30. The lowest BCUT2D eigenvalue weighted by Crippen LogP contribution is -2.45. The fourth-order valence-corrected chi connectivity index (χ4v) is 2.44. The number of aromatic carboxylic acids is 1. The fraction of sp³-hybridized carbons (Fsp3) is 0.462. The first kappa shape index (κ1) is 14.3. The van der Waals surface area contributed by atoms with Gasteiger partial charge in [0.15, 0.2) is 0 Å². The van der Waals surface area contributed by atoms with Crippen LogP contribution >= 0.6 is 0 Å². The Bertz CT molecular complexity index is 536. The number of nitro benzene ring substituents is 1. The molecule has 0 saturated carbocycles. The van der Waals surface area contributed by atoms with E-state index in [0.717, 1.165) is 0 Å². The van der Waals surface area contributed by atoms with E-state index in [2.05, 4.69) is 0 Å². The van der Waals surface area contributed by atoms with Crippen molar-refractivity contribution in [2.75, 3.05) is 18.0 Å². The smallest absolute Gasteiger partial charge is 0.342 e. The van der Waals surface area contributed by atoms with Gasteiger partial charge in [-0.15, -0.1) is 0 Å². The molecule has 1 aliphatic heterocycles. The zero-order chi connectivity index (χ0) is 14.9. The van der Waals surface area contributed by atoms with Crippen molar-refractivity contribution >= 4 is 17.3 Å². The number of ether oxygens (including phenoxy) is 1. The van der Waals surface area contributed by atoms with Crippen molar-refractivity contribution in [1.29, 1.82) is 0 Å². The minimum Gasteiger partial charge on any atom is -0.477 e. The SMILES string of the molecule is C[C@@H]1CN(c2ccc([N+](=O)[O-])c(C(=O)O)c2)C[C@H](C)O1. The van der Waals surface area contributed by atoms with Crippen LogP contribution in [0.5, 0.6) is 0 Å². The predicted octanol–water partition coefficient (Wildman–Crippen LogP) is 1.91. The molecule has 0 aliphatic carbocycles. The van der Waals surface area contributed by atoms with Crippen molar-refractivity contribution in [3.63, 3.8) is 0 Å². The van der Waals surface area contributed by atoms with Crippen LogP contribution in [0.1, 0.15) is 24.2 Å². The molecule has 7 nitrogen and oxygen atoms in total. The molecule has 1 heterocycles. The highest BCUT2D eigenvalue weighted by Crippen LogP contribution is 2.27. The summed E-state index contributed by atoms with van der Waals surface area (Å²) < 4.78 is 5.61. The van der Waals surface area contributed by atoms with Crippen molar-refractivity contribution in [1.82, 2.24) is 0 Å². The number of nitrogens with zero attached hydrogens (tertiary/aromatic N) is 2. The molecule has 108 valence electrons. The van der Waals surface area contributed by atoms with Crippen LogP contribution < -0.4 is 4.90 Å². The van der Waals surface area contributed by atoms with E-state index in [1.54, 1.807) is 6.07 Å². The van der Waals surface area contributed by atoms with Crippen LogP contribution in [0.3, 0.4) is 0 Å². The normalized spacial score (nSPS) is 22.6. The minimum absolute atomic E-state index is 0.0298. The van der Waals surface area contributed by atoms with Gasteiger partial charge in [0, 0.05) is 24.8 Å². The molecule has 20 heavy (non-hydrogen) atoms. The van der Waals surface area contributed by atoms with Crippen LogP contribution in [0, 0.1) is 10.1 Å². The van der Waals surface area contributed by atoms with Gasteiger partial charge in [-0.1, -0.05) is 0 Å². The second-order valence-corrected chi connectivity index (χ2v) is 4.93. The lowest BCUT2D eigenvalue weighted by molar-refractivity contribution is -0.385. The molecule has 0 spiro atoms. The van der Waals surface area contributed by atoms with Crippen molar-refractivity contribution < 1.29 is 19.6 Å². The van der Waals surface area contributed by atoms with Gasteiger partial charge in [0.1, 0.15) is 5.56 Å². The molecule has 0 aromatic heterocycles. The van der Waals surface area contributed by atoms with E-state index in [4.69, 9.17) is 9.84 Å².